The molecule has 244 valence electrons. The summed E-state index contributed by atoms with van der Waals surface area (Å²) in [5.74, 6) is -2.39. The van der Waals surface area contributed by atoms with Gasteiger partial charge in [0.2, 0.25) is 0 Å². The van der Waals surface area contributed by atoms with Crippen molar-refractivity contribution in [1.29, 1.82) is 0 Å². The third-order valence-corrected chi connectivity index (χ3v) is 8.25. The second-order valence-corrected chi connectivity index (χ2v) is 12.1. The number of aromatic nitrogens is 1. The van der Waals surface area contributed by atoms with Gasteiger partial charge in [-0.1, -0.05) is 37.3 Å². The number of pyridine rings is 1. The van der Waals surface area contributed by atoms with Crippen molar-refractivity contribution in [3.63, 3.8) is 0 Å². The highest BCUT2D eigenvalue weighted by Gasteiger charge is 2.31. The summed E-state index contributed by atoms with van der Waals surface area (Å²) in [5.41, 5.74) is 1.05. The first kappa shape index (κ1) is 34.5. The van der Waals surface area contributed by atoms with Crippen LogP contribution in [0.5, 0.6) is 0 Å². The molecule has 0 saturated carbocycles. The van der Waals surface area contributed by atoms with E-state index in [2.05, 4.69) is 20.3 Å². The van der Waals surface area contributed by atoms with E-state index in [0.717, 1.165) is 29.7 Å². The van der Waals surface area contributed by atoms with Gasteiger partial charge in [-0.3, -0.25) is 9.52 Å². The van der Waals surface area contributed by atoms with E-state index in [0.29, 0.717) is 30.9 Å². The third-order valence-electron chi connectivity index (χ3n) is 6.96. The first-order valence-electron chi connectivity index (χ1n) is 14.1. The van der Waals surface area contributed by atoms with Crippen molar-refractivity contribution in [2.45, 2.75) is 49.7 Å². The van der Waals surface area contributed by atoms with Crippen LogP contribution in [0.3, 0.4) is 0 Å². The molecule has 4 N–H and O–H groups in total. The maximum absolute atomic E-state index is 13.9. The number of sulfonamides is 1. The minimum Gasteiger partial charge on any atom is -0.390 e. The third kappa shape index (κ3) is 9.55. The van der Waals surface area contributed by atoms with E-state index in [4.69, 9.17) is 0 Å². The van der Waals surface area contributed by atoms with Crippen LogP contribution in [-0.2, 0) is 35.6 Å². The van der Waals surface area contributed by atoms with Crippen LogP contribution in [0.25, 0.3) is 0 Å². The van der Waals surface area contributed by atoms with Crippen LogP contribution in [0, 0.1) is 11.6 Å². The fraction of sp³-hybridized carbons (Fsp3) is 0.250. The number of aliphatic hydroxyl groups excluding tert-OH is 1. The molecule has 4 rings (SSSR count). The molecule has 0 aliphatic rings. The summed E-state index contributed by atoms with van der Waals surface area (Å²) in [6, 6.07) is 16.2. The predicted molar refractivity (Wildman–Crippen MR) is 161 cm³/mol. The number of benzene rings is 3. The minimum atomic E-state index is -4.70. The number of nitrogens with zero attached hydrogens (tertiary/aromatic N) is 1. The van der Waals surface area contributed by atoms with Gasteiger partial charge >= 0.3 is 6.18 Å². The van der Waals surface area contributed by atoms with Crippen LogP contribution in [0.1, 0.15) is 39.5 Å². The molecule has 0 aliphatic carbocycles. The Bertz CT molecular complexity index is 1750. The summed E-state index contributed by atoms with van der Waals surface area (Å²) in [6.45, 7) is 2.45. The highest BCUT2D eigenvalue weighted by atomic mass is 32.2. The number of halogens is 5. The number of amides is 1. The van der Waals surface area contributed by atoms with Gasteiger partial charge < -0.3 is 15.7 Å². The molecule has 0 fully saturated rings. The molecule has 1 heterocycles. The summed E-state index contributed by atoms with van der Waals surface area (Å²) in [6.07, 6.45) is -4.80. The van der Waals surface area contributed by atoms with E-state index in [1.807, 2.05) is 31.2 Å². The second kappa shape index (κ2) is 14.8. The average Bonchev–Trinajstić information content (AvgIpc) is 3.00. The van der Waals surface area contributed by atoms with E-state index >= 15 is 0 Å². The van der Waals surface area contributed by atoms with E-state index in [9.17, 15) is 40.3 Å². The van der Waals surface area contributed by atoms with E-state index in [-0.39, 0.29) is 29.8 Å². The largest absolute Gasteiger partial charge is 0.417 e. The van der Waals surface area contributed by atoms with Gasteiger partial charge in [-0.25, -0.2) is 13.8 Å². The molecule has 1 amide bonds. The zero-order valence-corrected chi connectivity index (χ0v) is 25.3. The Kier molecular flexibility index (Phi) is 11.1. The van der Waals surface area contributed by atoms with Crippen LogP contribution in [0.15, 0.2) is 90.1 Å². The lowest BCUT2D eigenvalue weighted by Gasteiger charge is -2.25. The fourth-order valence-electron chi connectivity index (χ4n) is 4.62. The van der Waals surface area contributed by atoms with E-state index in [1.54, 1.807) is 0 Å². The molecule has 2 unspecified atom stereocenters. The number of carbonyl (C=O) groups is 1. The zero-order valence-electron chi connectivity index (χ0n) is 24.5. The van der Waals surface area contributed by atoms with Crippen LogP contribution in [-0.4, -0.2) is 43.1 Å². The molecule has 8 nitrogen and oxygen atoms in total. The van der Waals surface area contributed by atoms with Crippen molar-refractivity contribution in [2.75, 3.05) is 11.3 Å². The Labute approximate surface area is 262 Å². The lowest BCUT2D eigenvalue weighted by atomic mass is 10.00. The van der Waals surface area contributed by atoms with E-state index < -0.39 is 56.5 Å². The van der Waals surface area contributed by atoms with Crippen molar-refractivity contribution < 1.29 is 40.3 Å². The number of aryl methyl sites for hydroxylation is 1. The van der Waals surface area contributed by atoms with Gasteiger partial charge in [0.25, 0.3) is 15.9 Å². The molecule has 2 atom stereocenters. The number of aliphatic hydroxyl groups is 1. The smallest absolute Gasteiger partial charge is 0.390 e. The van der Waals surface area contributed by atoms with E-state index in [1.165, 1.54) is 24.3 Å². The van der Waals surface area contributed by atoms with Crippen molar-refractivity contribution in [1.82, 2.24) is 15.6 Å². The summed E-state index contributed by atoms with van der Waals surface area (Å²) in [4.78, 5) is 16.7. The summed E-state index contributed by atoms with van der Waals surface area (Å²) < 4.78 is 94.0. The van der Waals surface area contributed by atoms with Gasteiger partial charge in [-0.05, 0) is 72.0 Å². The molecule has 0 spiro atoms. The predicted octanol–water partition coefficient (Wildman–Crippen LogP) is 5.23. The summed E-state index contributed by atoms with van der Waals surface area (Å²) >= 11 is 0. The maximum atomic E-state index is 13.9. The Balaban J connectivity index is 1.49. The molecule has 3 aromatic carbocycles. The first-order chi connectivity index (χ1) is 21.7. The maximum Gasteiger partial charge on any atom is 0.417 e. The number of nitrogens with one attached hydrogen (secondary N) is 3. The Morgan fingerprint density at radius 1 is 0.913 bits per heavy atom. The molecule has 1 aromatic heterocycles. The average molecular weight is 663 g/mol. The fourth-order valence-corrected chi connectivity index (χ4v) is 5.60. The molecule has 0 saturated heterocycles. The molecule has 4 aromatic rings. The number of hydrogen-bond acceptors (Lipinski definition) is 6. The van der Waals surface area contributed by atoms with Crippen molar-refractivity contribution >= 4 is 21.6 Å². The second-order valence-electron chi connectivity index (χ2n) is 10.5. The number of hydrogen-bond donors (Lipinski definition) is 4. The Hall–Kier alpha value is -4.40. The van der Waals surface area contributed by atoms with Crippen molar-refractivity contribution in [2.24, 2.45) is 0 Å². The molecule has 46 heavy (non-hydrogen) atoms. The van der Waals surface area contributed by atoms with Crippen molar-refractivity contribution in [3.05, 3.63) is 125 Å². The van der Waals surface area contributed by atoms with Gasteiger partial charge in [0.1, 0.15) is 11.6 Å². The minimum absolute atomic E-state index is 0.0130. The van der Waals surface area contributed by atoms with Gasteiger partial charge in [-0.15, -0.1) is 0 Å². The topological polar surface area (TPSA) is 120 Å². The van der Waals surface area contributed by atoms with Gasteiger partial charge in [-0.2, -0.15) is 21.6 Å². The highest BCUT2D eigenvalue weighted by molar-refractivity contribution is 7.92. The quantitative estimate of drug-likeness (QED) is 0.146. The molecular weight excluding hydrogens is 631 g/mol. The van der Waals surface area contributed by atoms with Crippen LogP contribution < -0.4 is 15.4 Å². The Morgan fingerprint density at radius 3 is 2.26 bits per heavy atom. The van der Waals surface area contributed by atoms with Gasteiger partial charge in [0.15, 0.2) is 5.03 Å². The number of alkyl halides is 3. The zero-order chi connectivity index (χ0) is 33.5. The number of carbonyl (C=O) groups excluding carboxylic acids is 1. The standard InChI is InChI=1S/C32H31F5N4O4S/c1-2-20-5-3-6-21(11-20)17-38-19-29(42)28(14-22-12-25(33)16-26(34)13-22)40-31(43)23-7-4-8-27(15-23)41-46(44,45)30-10-9-24(18-39-30)32(35,36)37/h3-13,15-16,18,28-29,38,41-42H,2,14,17,19H2,1H3,(H,40,43). The number of rotatable bonds is 13. The normalized spacial score (nSPS) is 13.2. The summed E-state index contributed by atoms with van der Waals surface area (Å²) in [5, 5.41) is 16.2. The Morgan fingerprint density at radius 2 is 1.61 bits per heavy atom. The van der Waals surface area contributed by atoms with Gasteiger partial charge in [0.05, 0.1) is 17.7 Å². The number of anilines is 1. The van der Waals surface area contributed by atoms with Crippen LogP contribution in [0.2, 0.25) is 0 Å². The molecule has 0 bridgehead atoms. The first-order valence-corrected chi connectivity index (χ1v) is 15.6. The molecule has 14 heteroatoms. The SMILES string of the molecule is CCc1cccc(CNCC(O)C(Cc2cc(F)cc(F)c2)NC(=O)c2cccc(NS(=O)(=O)c3ccc(C(F)(F)F)cn3)c2)c1. The molecule has 0 aliphatic heterocycles. The monoisotopic (exact) mass is 662 g/mol. The molecule has 0 radical (unpaired) electrons. The highest BCUT2D eigenvalue weighted by Crippen LogP contribution is 2.29. The lowest BCUT2D eigenvalue weighted by molar-refractivity contribution is -0.137. The lowest BCUT2D eigenvalue weighted by Crippen LogP contribution is -2.48. The molecular formula is C32H31F5N4O4S. The van der Waals surface area contributed by atoms with Crippen molar-refractivity contribution in [3.8, 4) is 0 Å². The van der Waals surface area contributed by atoms with Gasteiger partial charge in [0, 0.05) is 36.6 Å². The summed E-state index contributed by atoms with van der Waals surface area (Å²) in [7, 11) is -4.42. The van der Waals surface area contributed by atoms with Crippen LogP contribution in [0.4, 0.5) is 27.6 Å². The van der Waals surface area contributed by atoms with Crippen LogP contribution >= 0.6 is 0 Å².